The summed E-state index contributed by atoms with van der Waals surface area (Å²) in [4.78, 5) is 97.3. The van der Waals surface area contributed by atoms with Crippen LogP contribution in [0.4, 0.5) is 4.79 Å². The number of ketones is 2. The van der Waals surface area contributed by atoms with Gasteiger partial charge in [-0.25, -0.2) is 4.79 Å². The van der Waals surface area contributed by atoms with Crippen LogP contribution in [-0.2, 0) is 66.7 Å². The van der Waals surface area contributed by atoms with Crippen LogP contribution in [0.25, 0.3) is 0 Å². The molecule has 0 radical (unpaired) electrons. The van der Waals surface area contributed by atoms with E-state index in [-0.39, 0.29) is 38.2 Å². The fraction of sp³-hybridized carbons (Fsp3) is 0.825. The van der Waals surface area contributed by atoms with Gasteiger partial charge in [0.05, 0.1) is 43.1 Å². The summed E-state index contributed by atoms with van der Waals surface area (Å²) in [5, 5.41) is 2.70. The van der Waals surface area contributed by atoms with Gasteiger partial charge in [0.1, 0.15) is 17.8 Å². The van der Waals surface area contributed by atoms with Crippen molar-refractivity contribution in [3.63, 3.8) is 0 Å². The monoisotopic (exact) mass is 812 g/mol. The molecular weight excluding hydrogens is 748 g/mol. The first-order valence-electron chi connectivity index (χ1n) is 19.9. The molecule has 17 nitrogen and oxygen atoms in total. The van der Waals surface area contributed by atoms with E-state index in [0.717, 1.165) is 0 Å². The van der Waals surface area contributed by atoms with Gasteiger partial charge in [-0.3, -0.25) is 28.8 Å². The Morgan fingerprint density at radius 1 is 0.947 bits per heavy atom. The molecule has 0 aliphatic carbocycles. The van der Waals surface area contributed by atoms with Crippen LogP contribution in [0.5, 0.6) is 0 Å². The Morgan fingerprint density at radius 3 is 2.05 bits per heavy atom. The van der Waals surface area contributed by atoms with Crippen LogP contribution in [0.15, 0.2) is 0 Å². The van der Waals surface area contributed by atoms with Crippen LogP contribution in [0.2, 0.25) is 0 Å². The zero-order chi connectivity index (χ0) is 43.2. The lowest BCUT2D eigenvalue weighted by molar-refractivity contribution is -0.298. The number of cyclic esters (lactones) is 1. The Kier molecular flexibility index (Phi) is 16.6. The van der Waals surface area contributed by atoms with E-state index in [1.807, 2.05) is 25.9 Å². The van der Waals surface area contributed by atoms with E-state index in [1.54, 1.807) is 41.5 Å². The van der Waals surface area contributed by atoms with E-state index in [0.29, 0.717) is 6.42 Å². The summed E-state index contributed by atoms with van der Waals surface area (Å²) in [5.41, 5.74) is -3.18. The Labute approximate surface area is 335 Å². The summed E-state index contributed by atoms with van der Waals surface area (Å²) in [5.74, 6) is -10.7. The lowest BCUT2D eigenvalue weighted by atomic mass is 9.71. The number of alkyl carbamates (subject to hydrolysis) is 1. The van der Waals surface area contributed by atoms with Gasteiger partial charge in [0.25, 0.3) is 0 Å². The molecule has 0 bridgehead atoms. The lowest BCUT2D eigenvalue weighted by Gasteiger charge is -2.47. The third kappa shape index (κ3) is 10.7. The number of hydrogen-bond donors (Lipinski definition) is 1. The second-order valence-electron chi connectivity index (χ2n) is 16.1. The summed E-state index contributed by atoms with van der Waals surface area (Å²) in [6.07, 6.45) is -5.78. The Morgan fingerprint density at radius 2 is 1.54 bits per heavy atom. The molecule has 0 aromatic rings. The predicted octanol–water partition coefficient (Wildman–Crippen LogP) is 3.16. The highest BCUT2D eigenvalue weighted by atomic mass is 16.7. The molecule has 0 aromatic carbocycles. The fourth-order valence-corrected chi connectivity index (χ4v) is 8.56. The van der Waals surface area contributed by atoms with Gasteiger partial charge in [-0.05, 0) is 81.3 Å². The standard InChI is InChI=1S/C40H64N2O15/c1-14-28-40(10)32(41-38(49)57-40)25(18-26(35(47)51-15-2)36(48)52-16-3)29(44)20(4)19-39(9,50-13)33(22(6)30(45)23(7)34(46)55-28)56-37-31(54-24(8)43)27(42(11)12)17-21(5)53-37/h20-23,25-28,31-33,37H,14-19H2,1-13H3,(H,41,49)/t20-,21-,22+,23-,25+,27+,28-,31-,32-,33-,37+,39-,40-/m1/s1. The third-order valence-electron chi connectivity index (χ3n) is 11.7. The molecule has 57 heavy (non-hydrogen) atoms. The summed E-state index contributed by atoms with van der Waals surface area (Å²) in [7, 11) is 5.06. The molecule has 0 spiro atoms. The maximum absolute atomic E-state index is 15.0. The van der Waals surface area contributed by atoms with E-state index in [9.17, 15) is 28.8 Å². The molecule has 324 valence electrons. The minimum Gasteiger partial charge on any atom is -0.465 e. The molecule has 3 aliphatic heterocycles. The first kappa shape index (κ1) is 47.7. The maximum Gasteiger partial charge on any atom is 0.408 e. The number of nitrogens with one attached hydrogen (secondary N) is 1. The van der Waals surface area contributed by atoms with Gasteiger partial charge in [0, 0.05) is 31.8 Å². The molecule has 1 N–H and O–H groups in total. The van der Waals surface area contributed by atoms with Crippen molar-refractivity contribution in [2.45, 2.75) is 149 Å². The zero-order valence-corrected chi connectivity index (χ0v) is 35.7. The Balaban J connectivity index is 2.27. The van der Waals surface area contributed by atoms with Crippen molar-refractivity contribution >= 4 is 41.5 Å². The van der Waals surface area contributed by atoms with Crippen molar-refractivity contribution in [3.05, 3.63) is 0 Å². The van der Waals surface area contributed by atoms with Crippen LogP contribution in [0.3, 0.4) is 0 Å². The fourth-order valence-electron chi connectivity index (χ4n) is 8.56. The van der Waals surface area contributed by atoms with Crippen molar-refractivity contribution in [2.75, 3.05) is 34.4 Å². The maximum atomic E-state index is 15.0. The number of methoxy groups -OCH3 is 1. The first-order valence-corrected chi connectivity index (χ1v) is 19.9. The minimum absolute atomic E-state index is 0.0572. The Bertz CT molecular complexity index is 1470. The highest BCUT2D eigenvalue weighted by Crippen LogP contribution is 2.42. The number of hydrogen-bond acceptors (Lipinski definition) is 16. The van der Waals surface area contributed by atoms with Gasteiger partial charge in [0.15, 0.2) is 29.7 Å². The number of rotatable bonds is 12. The highest BCUT2D eigenvalue weighted by molar-refractivity contribution is 6.00. The first-order chi connectivity index (χ1) is 26.6. The summed E-state index contributed by atoms with van der Waals surface area (Å²) >= 11 is 0. The molecule has 3 aliphatic rings. The van der Waals surface area contributed by atoms with Crippen molar-refractivity contribution in [1.29, 1.82) is 0 Å². The van der Waals surface area contributed by atoms with E-state index in [4.69, 9.17) is 37.9 Å². The van der Waals surface area contributed by atoms with Gasteiger partial charge in [-0.15, -0.1) is 0 Å². The number of fused-ring (bicyclic) bond motifs is 1. The number of likely N-dealkylation sites (N-methyl/N-ethyl adjacent to an activating group) is 1. The molecule has 13 atom stereocenters. The van der Waals surface area contributed by atoms with Gasteiger partial charge >= 0.3 is 30.0 Å². The topological polar surface area (TPSA) is 209 Å². The number of nitrogens with zero attached hydrogens (tertiary/aromatic N) is 1. The van der Waals surface area contributed by atoms with Crippen LogP contribution in [-0.4, -0.2) is 135 Å². The summed E-state index contributed by atoms with van der Waals surface area (Å²) < 4.78 is 47.2. The molecule has 0 aromatic heterocycles. The smallest absolute Gasteiger partial charge is 0.408 e. The summed E-state index contributed by atoms with van der Waals surface area (Å²) in [6.45, 7) is 15.6. The van der Waals surface area contributed by atoms with Crippen molar-refractivity contribution in [3.8, 4) is 0 Å². The van der Waals surface area contributed by atoms with Crippen LogP contribution in [0.1, 0.15) is 94.9 Å². The van der Waals surface area contributed by atoms with E-state index in [2.05, 4.69) is 5.32 Å². The quantitative estimate of drug-likeness (QED) is 0.171. The molecule has 0 saturated carbocycles. The SMILES string of the molecule is CCOC(=O)C(C[C@H]1C(=O)[C@H](C)C[C@@](C)(OC)[C@H](O[C@@H]2O[C@H](C)C[C@H](N(C)C)[C@H]2OC(C)=O)[C@@H](C)C(=O)[C@@H](C)C(=O)O[C@H](CC)[C@@]2(C)OC(=O)N[C@H]12)C(=O)OCC. The van der Waals surface area contributed by atoms with Crippen LogP contribution in [0, 0.1) is 29.6 Å². The van der Waals surface area contributed by atoms with Crippen LogP contribution >= 0.6 is 0 Å². The molecule has 3 rings (SSSR count). The van der Waals surface area contributed by atoms with Crippen LogP contribution < -0.4 is 5.32 Å². The van der Waals surface area contributed by atoms with E-state index in [1.165, 1.54) is 27.9 Å². The third-order valence-corrected chi connectivity index (χ3v) is 11.7. The average Bonchev–Trinajstić information content (AvgIpc) is 3.45. The highest BCUT2D eigenvalue weighted by Gasteiger charge is 2.59. The van der Waals surface area contributed by atoms with E-state index >= 15 is 4.79 Å². The average molecular weight is 813 g/mol. The largest absolute Gasteiger partial charge is 0.465 e. The van der Waals surface area contributed by atoms with Gasteiger partial charge in [-0.2, -0.15) is 0 Å². The number of amides is 1. The molecule has 17 heteroatoms. The molecule has 3 fully saturated rings. The van der Waals surface area contributed by atoms with Crippen molar-refractivity contribution < 1.29 is 71.5 Å². The molecule has 1 amide bonds. The number of carbonyl (C=O) groups is 7. The minimum atomic E-state index is -1.70. The molecular formula is C40H64N2O15. The Hall–Kier alpha value is -3.67. The number of carbonyl (C=O) groups excluding carboxylic acids is 7. The summed E-state index contributed by atoms with van der Waals surface area (Å²) in [6, 6.07) is -1.57. The molecule has 0 unspecified atom stereocenters. The number of Topliss-reactive ketones (excluding diaryl/α,β-unsaturated/α-hetero) is 2. The van der Waals surface area contributed by atoms with E-state index < -0.39 is 119 Å². The number of ether oxygens (including phenoxy) is 8. The normalized spacial score (nSPS) is 36.7. The van der Waals surface area contributed by atoms with Gasteiger partial charge < -0.3 is 48.1 Å². The predicted molar refractivity (Wildman–Crippen MR) is 201 cm³/mol. The number of esters is 4. The molecule has 3 saturated heterocycles. The van der Waals surface area contributed by atoms with Crippen molar-refractivity contribution in [1.82, 2.24) is 10.2 Å². The van der Waals surface area contributed by atoms with Gasteiger partial charge in [0.2, 0.25) is 0 Å². The second kappa shape index (κ2) is 19.9. The van der Waals surface area contributed by atoms with Crippen molar-refractivity contribution in [2.24, 2.45) is 29.6 Å². The van der Waals surface area contributed by atoms with Gasteiger partial charge in [-0.1, -0.05) is 20.8 Å². The second-order valence-corrected chi connectivity index (χ2v) is 16.1. The lowest BCUT2D eigenvalue weighted by Crippen LogP contribution is -2.61. The molecule has 3 heterocycles. The zero-order valence-electron chi connectivity index (χ0n) is 35.7.